The lowest BCUT2D eigenvalue weighted by atomic mass is 9.97. The van der Waals surface area contributed by atoms with Crippen molar-refractivity contribution in [2.24, 2.45) is 11.8 Å². The Bertz CT molecular complexity index is 563. The lowest BCUT2D eigenvalue weighted by Crippen LogP contribution is -2.41. The van der Waals surface area contributed by atoms with Crippen molar-refractivity contribution in [3.05, 3.63) is 29.3 Å². The van der Waals surface area contributed by atoms with Crippen molar-refractivity contribution in [2.75, 3.05) is 19.7 Å². The first-order chi connectivity index (χ1) is 11.0. The van der Waals surface area contributed by atoms with Gasteiger partial charge in [-0.3, -0.25) is 4.79 Å². The molecular formula is C19H26N2O2. The van der Waals surface area contributed by atoms with Crippen LogP contribution in [0.1, 0.15) is 37.3 Å². The van der Waals surface area contributed by atoms with Gasteiger partial charge in [-0.25, -0.2) is 0 Å². The van der Waals surface area contributed by atoms with Crippen LogP contribution in [0.5, 0.6) is 5.75 Å². The zero-order chi connectivity index (χ0) is 16.8. The Labute approximate surface area is 139 Å². The summed E-state index contributed by atoms with van der Waals surface area (Å²) >= 11 is 0. The number of nitrogens with zero attached hydrogens (tertiary/aromatic N) is 2. The topological polar surface area (TPSA) is 53.3 Å². The lowest BCUT2D eigenvalue weighted by molar-refractivity contribution is -0.135. The van der Waals surface area contributed by atoms with Gasteiger partial charge in [0.1, 0.15) is 11.7 Å². The molecule has 1 amide bonds. The summed E-state index contributed by atoms with van der Waals surface area (Å²) in [4.78, 5) is 14.3. The van der Waals surface area contributed by atoms with E-state index < -0.39 is 5.92 Å². The Morgan fingerprint density at radius 3 is 2.52 bits per heavy atom. The summed E-state index contributed by atoms with van der Waals surface area (Å²) in [6.45, 7) is 8.15. The molecule has 1 aromatic carbocycles. The van der Waals surface area contributed by atoms with Crippen molar-refractivity contribution in [1.82, 2.24) is 4.90 Å². The number of amides is 1. The summed E-state index contributed by atoms with van der Waals surface area (Å²) in [5.74, 6) is 0.896. The van der Waals surface area contributed by atoms with Crippen LogP contribution in [0, 0.1) is 37.0 Å². The van der Waals surface area contributed by atoms with Crippen LogP contribution in [0.4, 0.5) is 0 Å². The fraction of sp³-hybridized carbons (Fsp3) is 0.579. The number of aryl methyl sites for hydroxylation is 2. The molecule has 1 fully saturated rings. The maximum Gasteiger partial charge on any atom is 0.240 e. The molecular weight excluding hydrogens is 288 g/mol. The van der Waals surface area contributed by atoms with Crippen molar-refractivity contribution in [3.63, 3.8) is 0 Å². The van der Waals surface area contributed by atoms with Gasteiger partial charge in [0.25, 0.3) is 0 Å². The number of hydrogen-bond acceptors (Lipinski definition) is 3. The number of piperidine rings is 1. The zero-order valence-corrected chi connectivity index (χ0v) is 14.3. The van der Waals surface area contributed by atoms with E-state index in [1.807, 2.05) is 36.9 Å². The summed E-state index contributed by atoms with van der Waals surface area (Å²) in [5.41, 5.74) is 2.16. The van der Waals surface area contributed by atoms with E-state index in [2.05, 4.69) is 13.0 Å². The van der Waals surface area contributed by atoms with Crippen LogP contribution in [0.15, 0.2) is 18.2 Å². The standard InChI is InChI=1S/C19H26N2O2/c1-14-7-10-21(11-8-14)19(22)17(13-20)9-12-23-18-15(2)5-4-6-16(18)3/h4-6,14,17H,7-12H2,1-3H3. The number of benzene rings is 1. The average Bonchev–Trinajstić information content (AvgIpc) is 2.54. The van der Waals surface area contributed by atoms with Crippen LogP contribution in [0.25, 0.3) is 0 Å². The summed E-state index contributed by atoms with van der Waals surface area (Å²) in [5, 5.41) is 9.33. The number of ether oxygens (including phenoxy) is 1. The highest BCUT2D eigenvalue weighted by atomic mass is 16.5. The van der Waals surface area contributed by atoms with Crippen LogP contribution >= 0.6 is 0 Å². The molecule has 1 heterocycles. The van der Waals surface area contributed by atoms with E-state index in [1.165, 1.54) is 0 Å². The van der Waals surface area contributed by atoms with Crippen LogP contribution in [0.2, 0.25) is 0 Å². The SMILES string of the molecule is Cc1cccc(C)c1OCCC(C#N)C(=O)N1CCC(C)CC1. The summed E-state index contributed by atoms with van der Waals surface area (Å²) in [6.07, 6.45) is 2.50. The molecule has 0 aromatic heterocycles. The van der Waals surface area contributed by atoms with Gasteiger partial charge in [-0.05, 0) is 43.7 Å². The highest BCUT2D eigenvalue weighted by Gasteiger charge is 2.27. The third-order valence-electron chi connectivity index (χ3n) is 4.61. The minimum Gasteiger partial charge on any atom is -0.493 e. The Morgan fingerprint density at radius 2 is 1.96 bits per heavy atom. The normalized spacial score (nSPS) is 16.7. The number of likely N-dealkylation sites (tertiary alicyclic amines) is 1. The highest BCUT2D eigenvalue weighted by Crippen LogP contribution is 2.23. The minimum absolute atomic E-state index is 0.0375. The molecule has 0 spiro atoms. The summed E-state index contributed by atoms with van der Waals surface area (Å²) in [7, 11) is 0. The molecule has 23 heavy (non-hydrogen) atoms. The second-order valence-electron chi connectivity index (χ2n) is 6.55. The van der Waals surface area contributed by atoms with E-state index in [4.69, 9.17) is 4.74 Å². The van der Waals surface area contributed by atoms with Crippen molar-refractivity contribution in [2.45, 2.75) is 40.0 Å². The van der Waals surface area contributed by atoms with Gasteiger partial charge in [0.15, 0.2) is 0 Å². The van der Waals surface area contributed by atoms with E-state index in [9.17, 15) is 10.1 Å². The summed E-state index contributed by atoms with van der Waals surface area (Å²) in [6, 6.07) is 8.16. The quantitative estimate of drug-likeness (QED) is 0.836. The zero-order valence-electron chi connectivity index (χ0n) is 14.3. The second kappa shape index (κ2) is 8.01. The molecule has 1 aliphatic heterocycles. The molecule has 1 unspecified atom stereocenters. The fourth-order valence-corrected chi connectivity index (χ4v) is 3.00. The summed E-state index contributed by atoms with van der Waals surface area (Å²) < 4.78 is 5.83. The maximum atomic E-state index is 12.5. The third-order valence-corrected chi connectivity index (χ3v) is 4.61. The Balaban J connectivity index is 1.88. The smallest absolute Gasteiger partial charge is 0.240 e. The number of carbonyl (C=O) groups is 1. The number of rotatable bonds is 5. The van der Waals surface area contributed by atoms with Crippen LogP contribution in [0.3, 0.4) is 0 Å². The van der Waals surface area contributed by atoms with Crippen molar-refractivity contribution >= 4 is 5.91 Å². The minimum atomic E-state index is -0.604. The van der Waals surface area contributed by atoms with Gasteiger partial charge in [0.2, 0.25) is 5.91 Å². The third kappa shape index (κ3) is 4.48. The van der Waals surface area contributed by atoms with Crippen molar-refractivity contribution in [1.29, 1.82) is 5.26 Å². The van der Waals surface area contributed by atoms with E-state index in [0.29, 0.717) is 18.9 Å². The molecule has 124 valence electrons. The number of nitriles is 1. The number of carbonyl (C=O) groups excluding carboxylic acids is 1. The van der Waals surface area contributed by atoms with Crippen LogP contribution in [-0.2, 0) is 4.79 Å². The van der Waals surface area contributed by atoms with Gasteiger partial charge < -0.3 is 9.64 Å². The highest BCUT2D eigenvalue weighted by molar-refractivity contribution is 5.81. The van der Waals surface area contributed by atoms with E-state index in [0.717, 1.165) is 42.8 Å². The largest absolute Gasteiger partial charge is 0.493 e. The first-order valence-electron chi connectivity index (χ1n) is 8.40. The van der Waals surface area contributed by atoms with Gasteiger partial charge in [0.05, 0.1) is 12.7 Å². The molecule has 0 bridgehead atoms. The van der Waals surface area contributed by atoms with Gasteiger partial charge in [0, 0.05) is 19.5 Å². The average molecular weight is 314 g/mol. The molecule has 0 N–H and O–H groups in total. The number of para-hydroxylation sites is 1. The van der Waals surface area contributed by atoms with Gasteiger partial charge in [-0.15, -0.1) is 0 Å². The second-order valence-corrected chi connectivity index (χ2v) is 6.55. The Kier molecular flexibility index (Phi) is 6.04. The number of hydrogen-bond donors (Lipinski definition) is 0. The molecule has 0 radical (unpaired) electrons. The fourth-order valence-electron chi connectivity index (χ4n) is 3.00. The molecule has 4 heteroatoms. The first-order valence-corrected chi connectivity index (χ1v) is 8.40. The molecule has 0 aliphatic carbocycles. The van der Waals surface area contributed by atoms with Crippen molar-refractivity contribution < 1.29 is 9.53 Å². The van der Waals surface area contributed by atoms with Crippen molar-refractivity contribution in [3.8, 4) is 11.8 Å². The molecule has 1 saturated heterocycles. The Hall–Kier alpha value is -2.02. The van der Waals surface area contributed by atoms with E-state index in [1.54, 1.807) is 0 Å². The molecule has 2 rings (SSSR count). The molecule has 4 nitrogen and oxygen atoms in total. The van der Waals surface area contributed by atoms with Gasteiger partial charge in [-0.1, -0.05) is 25.1 Å². The predicted octanol–water partition coefficient (Wildman–Crippen LogP) is 3.47. The Morgan fingerprint density at radius 1 is 1.35 bits per heavy atom. The lowest BCUT2D eigenvalue weighted by Gasteiger charge is -2.31. The molecule has 0 saturated carbocycles. The predicted molar refractivity (Wildman–Crippen MR) is 90.1 cm³/mol. The molecule has 1 atom stereocenters. The molecule has 1 aliphatic rings. The van der Waals surface area contributed by atoms with E-state index >= 15 is 0 Å². The first kappa shape index (κ1) is 17.3. The van der Waals surface area contributed by atoms with Gasteiger partial charge in [-0.2, -0.15) is 5.26 Å². The van der Waals surface area contributed by atoms with Gasteiger partial charge >= 0.3 is 0 Å². The maximum absolute atomic E-state index is 12.5. The van der Waals surface area contributed by atoms with Crippen LogP contribution < -0.4 is 4.74 Å². The van der Waals surface area contributed by atoms with E-state index in [-0.39, 0.29) is 5.91 Å². The van der Waals surface area contributed by atoms with Crippen LogP contribution in [-0.4, -0.2) is 30.5 Å². The monoisotopic (exact) mass is 314 g/mol. The molecule has 1 aromatic rings.